The zero-order valence-corrected chi connectivity index (χ0v) is 17.1. The Labute approximate surface area is 173 Å². The van der Waals surface area contributed by atoms with Crippen LogP contribution in [0.15, 0.2) is 24.4 Å². The van der Waals surface area contributed by atoms with Gasteiger partial charge < -0.3 is 20.3 Å². The van der Waals surface area contributed by atoms with E-state index < -0.39 is 5.92 Å². The third kappa shape index (κ3) is 4.04. The summed E-state index contributed by atoms with van der Waals surface area (Å²) in [6, 6.07) is 5.03. The van der Waals surface area contributed by atoms with Gasteiger partial charge in [0.15, 0.2) is 0 Å². The lowest BCUT2D eigenvalue weighted by atomic mass is 10.1. The van der Waals surface area contributed by atoms with Gasteiger partial charge in [-0.2, -0.15) is 5.10 Å². The number of nitrogens with zero attached hydrogens (tertiary/aromatic N) is 3. The van der Waals surface area contributed by atoms with Crippen molar-refractivity contribution in [1.82, 2.24) is 15.1 Å². The van der Waals surface area contributed by atoms with E-state index in [4.69, 9.17) is 16.3 Å². The summed E-state index contributed by atoms with van der Waals surface area (Å²) in [4.78, 5) is 38.9. The minimum atomic E-state index is -0.568. The molecule has 3 amide bonds. The van der Waals surface area contributed by atoms with Crippen LogP contribution in [0.5, 0.6) is 5.75 Å². The van der Waals surface area contributed by atoms with Crippen molar-refractivity contribution in [3.8, 4) is 5.75 Å². The summed E-state index contributed by atoms with van der Waals surface area (Å²) in [5.41, 5.74) is 0.867. The van der Waals surface area contributed by atoms with Gasteiger partial charge in [-0.05, 0) is 25.1 Å². The van der Waals surface area contributed by atoms with Gasteiger partial charge in [-0.3, -0.25) is 14.4 Å². The first kappa shape index (κ1) is 20.7. The van der Waals surface area contributed by atoms with E-state index in [0.29, 0.717) is 28.8 Å². The second-order valence-electron chi connectivity index (χ2n) is 6.52. The second-order valence-corrected chi connectivity index (χ2v) is 6.92. The molecule has 2 aromatic rings. The van der Waals surface area contributed by atoms with Crippen LogP contribution in [0.25, 0.3) is 0 Å². The monoisotopic (exact) mass is 419 g/mol. The fourth-order valence-electron chi connectivity index (χ4n) is 3.23. The Morgan fingerprint density at radius 2 is 2.14 bits per heavy atom. The minimum Gasteiger partial charge on any atom is -0.495 e. The highest BCUT2D eigenvalue weighted by Crippen LogP contribution is 2.32. The van der Waals surface area contributed by atoms with Crippen molar-refractivity contribution in [2.45, 2.75) is 19.9 Å². The number of halogens is 1. The summed E-state index contributed by atoms with van der Waals surface area (Å²) in [7, 11) is 3.01. The Hall–Kier alpha value is -3.07. The van der Waals surface area contributed by atoms with Gasteiger partial charge in [-0.15, -0.1) is 0 Å². The van der Waals surface area contributed by atoms with Crippen molar-refractivity contribution in [3.05, 3.63) is 35.0 Å². The Balaban J connectivity index is 1.77. The van der Waals surface area contributed by atoms with Crippen LogP contribution in [0.3, 0.4) is 0 Å². The number of rotatable bonds is 6. The summed E-state index contributed by atoms with van der Waals surface area (Å²) in [6.45, 7) is 2.54. The third-order valence-corrected chi connectivity index (χ3v) is 5.09. The second kappa shape index (κ2) is 8.52. The van der Waals surface area contributed by atoms with Crippen LogP contribution >= 0.6 is 11.6 Å². The Bertz CT molecular complexity index is 958. The molecule has 3 rings (SSSR count). The van der Waals surface area contributed by atoms with Crippen molar-refractivity contribution >= 4 is 40.8 Å². The molecule has 1 aromatic heterocycles. The number of hydrogen-bond donors (Lipinski definition) is 2. The molecule has 0 radical (unpaired) electrons. The highest BCUT2D eigenvalue weighted by molar-refractivity contribution is 6.32. The molecule has 1 fully saturated rings. The molecule has 0 spiro atoms. The van der Waals surface area contributed by atoms with E-state index in [9.17, 15) is 14.4 Å². The Kier molecular flexibility index (Phi) is 6.07. The Morgan fingerprint density at radius 3 is 2.76 bits per heavy atom. The number of methoxy groups -OCH3 is 1. The largest absolute Gasteiger partial charge is 0.495 e. The van der Waals surface area contributed by atoms with Crippen LogP contribution < -0.4 is 20.3 Å². The molecule has 10 heteroatoms. The molecule has 1 aliphatic rings. The van der Waals surface area contributed by atoms with E-state index in [1.165, 1.54) is 29.9 Å². The molecule has 9 nitrogen and oxygen atoms in total. The lowest BCUT2D eigenvalue weighted by Crippen LogP contribution is -2.29. The predicted molar refractivity (Wildman–Crippen MR) is 108 cm³/mol. The summed E-state index contributed by atoms with van der Waals surface area (Å²) < 4.78 is 6.66. The first-order valence-electron chi connectivity index (χ1n) is 9.12. The maximum atomic E-state index is 12.8. The number of aromatic nitrogens is 2. The number of ether oxygens (including phenoxy) is 1. The lowest BCUT2D eigenvalue weighted by Gasteiger charge is -2.18. The van der Waals surface area contributed by atoms with Gasteiger partial charge in [0.1, 0.15) is 17.1 Å². The van der Waals surface area contributed by atoms with Crippen LogP contribution in [0, 0.1) is 5.92 Å². The molecule has 29 heavy (non-hydrogen) atoms. The fourth-order valence-corrected chi connectivity index (χ4v) is 3.48. The summed E-state index contributed by atoms with van der Waals surface area (Å²) in [5, 5.41) is 9.79. The smallest absolute Gasteiger partial charge is 0.256 e. The average molecular weight is 420 g/mol. The van der Waals surface area contributed by atoms with Crippen LogP contribution in [-0.2, 0) is 16.1 Å². The summed E-state index contributed by atoms with van der Waals surface area (Å²) in [5.74, 6) is -0.623. The first-order chi connectivity index (χ1) is 13.9. The van der Waals surface area contributed by atoms with Gasteiger partial charge in [0, 0.05) is 32.2 Å². The van der Waals surface area contributed by atoms with Gasteiger partial charge in [-0.25, -0.2) is 4.68 Å². The zero-order chi connectivity index (χ0) is 21.1. The number of amides is 3. The van der Waals surface area contributed by atoms with Crippen LogP contribution in [-0.4, -0.2) is 48.2 Å². The number of hydrogen-bond acceptors (Lipinski definition) is 5. The maximum absolute atomic E-state index is 12.8. The number of benzene rings is 1. The van der Waals surface area contributed by atoms with Gasteiger partial charge in [0.2, 0.25) is 11.8 Å². The van der Waals surface area contributed by atoms with Gasteiger partial charge >= 0.3 is 0 Å². The Morgan fingerprint density at radius 1 is 1.38 bits per heavy atom. The SMILES string of the molecule is CCn1ncc(C(=O)NC)c1NC(=O)C1CC(=O)N(c2ccc(OC)c(Cl)c2)C1. The molecular weight excluding hydrogens is 398 g/mol. The molecule has 0 bridgehead atoms. The number of carbonyl (C=O) groups is 3. The van der Waals surface area contributed by atoms with Crippen molar-refractivity contribution in [1.29, 1.82) is 0 Å². The third-order valence-electron chi connectivity index (χ3n) is 4.80. The van der Waals surface area contributed by atoms with Gasteiger partial charge in [-0.1, -0.05) is 11.6 Å². The van der Waals surface area contributed by atoms with E-state index >= 15 is 0 Å². The van der Waals surface area contributed by atoms with E-state index in [1.807, 2.05) is 6.92 Å². The van der Waals surface area contributed by atoms with E-state index in [1.54, 1.807) is 18.2 Å². The number of nitrogens with one attached hydrogen (secondary N) is 2. The highest BCUT2D eigenvalue weighted by Gasteiger charge is 2.36. The molecule has 1 aliphatic heterocycles. The van der Waals surface area contributed by atoms with Crippen LogP contribution in [0.2, 0.25) is 5.02 Å². The molecule has 0 aliphatic carbocycles. The van der Waals surface area contributed by atoms with Gasteiger partial charge in [0.25, 0.3) is 5.91 Å². The molecule has 154 valence electrons. The molecule has 1 atom stereocenters. The van der Waals surface area contributed by atoms with Gasteiger partial charge in [0.05, 0.1) is 24.2 Å². The molecule has 2 N–H and O–H groups in total. The highest BCUT2D eigenvalue weighted by atomic mass is 35.5. The fraction of sp³-hybridized carbons (Fsp3) is 0.368. The van der Waals surface area contributed by atoms with Crippen molar-refractivity contribution in [3.63, 3.8) is 0 Å². The van der Waals surface area contributed by atoms with Crippen molar-refractivity contribution in [2.75, 3.05) is 30.9 Å². The minimum absolute atomic E-state index is 0.0606. The predicted octanol–water partition coefficient (Wildman–Crippen LogP) is 1.92. The summed E-state index contributed by atoms with van der Waals surface area (Å²) >= 11 is 6.15. The summed E-state index contributed by atoms with van der Waals surface area (Å²) in [6.07, 6.45) is 1.47. The molecule has 1 aromatic carbocycles. The van der Waals surface area contributed by atoms with E-state index in [2.05, 4.69) is 15.7 Å². The standard InChI is InChI=1S/C19H22ClN5O4/c1-4-25-17(13(9-22-25)19(28)21-2)23-18(27)11-7-16(26)24(10-11)12-5-6-15(29-3)14(20)8-12/h5-6,8-9,11H,4,7,10H2,1-3H3,(H,21,28)(H,23,27). The van der Waals surface area contributed by atoms with E-state index in [0.717, 1.165) is 0 Å². The number of carbonyl (C=O) groups excluding carboxylic acids is 3. The lowest BCUT2D eigenvalue weighted by molar-refractivity contribution is -0.122. The molecule has 0 saturated carbocycles. The average Bonchev–Trinajstić information content (AvgIpc) is 3.30. The van der Waals surface area contributed by atoms with Crippen molar-refractivity contribution in [2.24, 2.45) is 5.92 Å². The maximum Gasteiger partial charge on any atom is 0.256 e. The molecule has 1 saturated heterocycles. The van der Waals surface area contributed by atoms with E-state index in [-0.39, 0.29) is 36.3 Å². The zero-order valence-electron chi connectivity index (χ0n) is 16.4. The van der Waals surface area contributed by atoms with Crippen LogP contribution in [0.4, 0.5) is 11.5 Å². The normalized spacial score (nSPS) is 16.1. The molecule has 2 heterocycles. The number of anilines is 2. The number of aryl methyl sites for hydroxylation is 1. The topological polar surface area (TPSA) is 106 Å². The molecular formula is C19H22ClN5O4. The molecule has 1 unspecified atom stereocenters. The quantitative estimate of drug-likeness (QED) is 0.744. The first-order valence-corrected chi connectivity index (χ1v) is 9.50. The van der Waals surface area contributed by atoms with Crippen molar-refractivity contribution < 1.29 is 19.1 Å². The van der Waals surface area contributed by atoms with Crippen LogP contribution in [0.1, 0.15) is 23.7 Å².